The molecule has 0 spiro atoms. The largest absolute Gasteiger partial charge is 0.494 e. The van der Waals surface area contributed by atoms with Gasteiger partial charge < -0.3 is 9.72 Å². The van der Waals surface area contributed by atoms with E-state index in [0.29, 0.717) is 18.0 Å². The van der Waals surface area contributed by atoms with Crippen molar-refractivity contribution in [2.75, 3.05) is 13.2 Å². The third-order valence-corrected chi connectivity index (χ3v) is 7.15. The molecule has 8 nitrogen and oxygen atoms in total. The van der Waals surface area contributed by atoms with E-state index in [2.05, 4.69) is 70.4 Å². The summed E-state index contributed by atoms with van der Waals surface area (Å²) in [5, 5.41) is 13.8. The summed E-state index contributed by atoms with van der Waals surface area (Å²) >= 11 is 0. The van der Waals surface area contributed by atoms with Crippen LogP contribution in [0.25, 0.3) is 10.9 Å². The van der Waals surface area contributed by atoms with Crippen LogP contribution in [0, 0.1) is 0 Å². The number of nitrogens with zero attached hydrogens (tertiary/aromatic N) is 5. The minimum absolute atomic E-state index is 0.130. The predicted molar refractivity (Wildman–Crippen MR) is 136 cm³/mol. The zero-order chi connectivity index (χ0) is 24.6. The predicted octanol–water partition coefficient (Wildman–Crippen LogP) is 4.21. The summed E-state index contributed by atoms with van der Waals surface area (Å²) in [6.45, 7) is 10.4. The van der Waals surface area contributed by atoms with Crippen LogP contribution in [0.4, 0.5) is 0 Å². The Bertz CT molecular complexity index is 1410. The number of tetrazole rings is 1. The quantitative estimate of drug-likeness (QED) is 0.434. The van der Waals surface area contributed by atoms with Gasteiger partial charge in [0.05, 0.1) is 12.1 Å². The lowest BCUT2D eigenvalue weighted by molar-refractivity contribution is 0.181. The fourth-order valence-electron chi connectivity index (χ4n) is 4.84. The number of nitrogens with one attached hydrogen (secondary N) is 1. The number of aromatic nitrogens is 5. The van der Waals surface area contributed by atoms with Gasteiger partial charge in [-0.25, -0.2) is 4.68 Å². The van der Waals surface area contributed by atoms with Gasteiger partial charge in [-0.15, -0.1) is 5.10 Å². The van der Waals surface area contributed by atoms with Crippen LogP contribution in [0.2, 0.25) is 0 Å². The Hall–Kier alpha value is -3.52. The zero-order valence-electron chi connectivity index (χ0n) is 20.8. The van der Waals surface area contributed by atoms with Gasteiger partial charge in [0.25, 0.3) is 5.56 Å². The second-order valence-corrected chi connectivity index (χ2v) is 9.74. The molecule has 8 heteroatoms. The summed E-state index contributed by atoms with van der Waals surface area (Å²) < 4.78 is 7.60. The van der Waals surface area contributed by atoms with E-state index in [0.717, 1.165) is 42.6 Å². The standard InChI is InChI=1S/C27H32N6O2/c1-5-27(3,4)33-25(29-30-31-33)24(32-14-13-18-9-7-8-10-19(18)17-32)22-16-20-15-21(35-6-2)11-12-23(20)28-26(22)34/h7-12,15-16,24H,5-6,13-14,17H2,1-4H3,(H,28,34)/t24-/m0/s1. The summed E-state index contributed by atoms with van der Waals surface area (Å²) in [4.78, 5) is 18.9. The van der Waals surface area contributed by atoms with Gasteiger partial charge in [-0.2, -0.15) is 0 Å². The van der Waals surface area contributed by atoms with E-state index in [1.165, 1.54) is 11.1 Å². The monoisotopic (exact) mass is 472 g/mol. The molecule has 0 saturated carbocycles. The maximum absolute atomic E-state index is 13.5. The van der Waals surface area contributed by atoms with E-state index >= 15 is 0 Å². The Balaban J connectivity index is 1.68. The molecule has 0 bridgehead atoms. The third-order valence-electron chi connectivity index (χ3n) is 7.15. The molecule has 4 aromatic rings. The summed E-state index contributed by atoms with van der Waals surface area (Å²) in [7, 11) is 0. The van der Waals surface area contributed by atoms with Gasteiger partial charge in [0, 0.05) is 29.6 Å². The van der Waals surface area contributed by atoms with E-state index in [-0.39, 0.29) is 11.1 Å². The highest BCUT2D eigenvalue weighted by molar-refractivity contribution is 5.80. The molecule has 1 aliphatic heterocycles. The molecular formula is C27H32N6O2. The van der Waals surface area contributed by atoms with E-state index < -0.39 is 6.04 Å². The van der Waals surface area contributed by atoms with Crippen molar-refractivity contribution < 1.29 is 4.74 Å². The van der Waals surface area contributed by atoms with Gasteiger partial charge in [-0.1, -0.05) is 31.2 Å². The van der Waals surface area contributed by atoms with E-state index in [1.54, 1.807) is 0 Å². The van der Waals surface area contributed by atoms with Gasteiger partial charge >= 0.3 is 0 Å². The van der Waals surface area contributed by atoms with E-state index in [9.17, 15) is 4.79 Å². The highest BCUT2D eigenvalue weighted by atomic mass is 16.5. The first-order valence-electron chi connectivity index (χ1n) is 12.3. The minimum Gasteiger partial charge on any atom is -0.494 e. The smallest absolute Gasteiger partial charge is 0.253 e. The van der Waals surface area contributed by atoms with Crippen LogP contribution in [0.1, 0.15) is 62.7 Å². The number of hydrogen-bond donors (Lipinski definition) is 1. The van der Waals surface area contributed by atoms with Crippen molar-refractivity contribution in [1.29, 1.82) is 0 Å². The highest BCUT2D eigenvalue weighted by Gasteiger charge is 2.35. The maximum Gasteiger partial charge on any atom is 0.253 e. The van der Waals surface area contributed by atoms with Crippen molar-refractivity contribution in [1.82, 2.24) is 30.1 Å². The number of fused-ring (bicyclic) bond motifs is 2. The Morgan fingerprint density at radius 2 is 1.91 bits per heavy atom. The van der Waals surface area contributed by atoms with Crippen molar-refractivity contribution in [2.24, 2.45) is 0 Å². The van der Waals surface area contributed by atoms with Gasteiger partial charge in [0.1, 0.15) is 11.8 Å². The average molecular weight is 473 g/mol. The topological polar surface area (TPSA) is 88.9 Å². The number of hydrogen-bond acceptors (Lipinski definition) is 6. The molecule has 5 rings (SSSR count). The lowest BCUT2D eigenvalue weighted by Crippen LogP contribution is -2.40. The second-order valence-electron chi connectivity index (χ2n) is 9.74. The minimum atomic E-state index is -0.395. The molecule has 0 amide bonds. The van der Waals surface area contributed by atoms with Crippen LogP contribution in [-0.4, -0.2) is 43.2 Å². The Labute approximate surface area is 204 Å². The van der Waals surface area contributed by atoms with Crippen molar-refractivity contribution in [3.63, 3.8) is 0 Å². The van der Waals surface area contributed by atoms with Gasteiger partial charge in [0.15, 0.2) is 5.82 Å². The van der Waals surface area contributed by atoms with Crippen molar-refractivity contribution >= 4 is 10.9 Å². The summed E-state index contributed by atoms with van der Waals surface area (Å²) in [5.74, 6) is 1.46. The van der Waals surface area contributed by atoms with E-state index in [1.807, 2.05) is 35.9 Å². The maximum atomic E-state index is 13.5. The average Bonchev–Trinajstić information content (AvgIpc) is 3.35. The van der Waals surface area contributed by atoms with Gasteiger partial charge in [-0.05, 0) is 79.4 Å². The van der Waals surface area contributed by atoms with Crippen LogP contribution in [0.5, 0.6) is 5.75 Å². The molecule has 1 atom stereocenters. The molecule has 0 fully saturated rings. The number of H-pyrrole nitrogens is 1. The molecular weight excluding hydrogens is 440 g/mol. The lowest BCUT2D eigenvalue weighted by Gasteiger charge is -2.36. The molecule has 3 heterocycles. The number of ether oxygens (including phenoxy) is 1. The normalized spacial score (nSPS) is 15.2. The van der Waals surface area contributed by atoms with Crippen LogP contribution < -0.4 is 10.3 Å². The van der Waals surface area contributed by atoms with Crippen LogP contribution in [-0.2, 0) is 18.5 Å². The first-order valence-corrected chi connectivity index (χ1v) is 12.3. The first kappa shape index (κ1) is 23.2. The first-order chi connectivity index (χ1) is 16.9. The van der Waals surface area contributed by atoms with E-state index in [4.69, 9.17) is 4.74 Å². The fraction of sp³-hybridized carbons (Fsp3) is 0.407. The SMILES string of the molecule is CCOc1ccc2[nH]c(=O)c([C@@H](c3nnnn3C(C)(C)CC)N3CCc4ccccc4C3)cc2c1. The molecule has 0 aliphatic carbocycles. The molecule has 0 radical (unpaired) electrons. The highest BCUT2D eigenvalue weighted by Crippen LogP contribution is 2.34. The van der Waals surface area contributed by atoms with Crippen molar-refractivity contribution in [3.05, 3.63) is 81.4 Å². The van der Waals surface area contributed by atoms with Gasteiger partial charge in [-0.3, -0.25) is 9.69 Å². The summed E-state index contributed by atoms with van der Waals surface area (Å²) in [6, 6.07) is 15.8. The second kappa shape index (κ2) is 9.26. The Kier molecular flexibility index (Phi) is 6.15. The zero-order valence-corrected chi connectivity index (χ0v) is 20.8. The third kappa shape index (κ3) is 4.34. The van der Waals surface area contributed by atoms with Crippen LogP contribution >= 0.6 is 0 Å². The summed E-state index contributed by atoms with van der Waals surface area (Å²) in [5.41, 5.74) is 3.61. The van der Waals surface area contributed by atoms with Crippen molar-refractivity contribution in [2.45, 2.75) is 58.7 Å². The Morgan fingerprint density at radius 3 is 2.69 bits per heavy atom. The van der Waals surface area contributed by atoms with Crippen LogP contribution in [0.15, 0.2) is 53.3 Å². The molecule has 182 valence electrons. The molecule has 1 N–H and O–H groups in total. The molecule has 2 aromatic heterocycles. The number of benzene rings is 2. The van der Waals surface area contributed by atoms with Gasteiger partial charge in [0.2, 0.25) is 0 Å². The fourth-order valence-corrected chi connectivity index (χ4v) is 4.84. The molecule has 0 unspecified atom stereocenters. The number of pyridine rings is 1. The van der Waals surface area contributed by atoms with Crippen LogP contribution in [0.3, 0.4) is 0 Å². The molecule has 1 aliphatic rings. The summed E-state index contributed by atoms with van der Waals surface area (Å²) in [6.07, 6.45) is 1.76. The Morgan fingerprint density at radius 1 is 1.11 bits per heavy atom. The van der Waals surface area contributed by atoms with Crippen molar-refractivity contribution in [3.8, 4) is 5.75 Å². The molecule has 2 aromatic carbocycles. The number of aromatic amines is 1. The number of rotatable bonds is 7. The molecule has 35 heavy (non-hydrogen) atoms. The lowest BCUT2D eigenvalue weighted by atomic mass is 9.95. The molecule has 0 saturated heterocycles.